The predicted octanol–water partition coefficient (Wildman–Crippen LogP) is 1.90. The monoisotopic (exact) mass is 148 g/mol. The Balaban J connectivity index is 3.80. The molecule has 1 atom stereocenters. The van der Waals surface area contributed by atoms with Crippen LogP contribution < -0.4 is 0 Å². The Morgan fingerprint density at radius 1 is 1.22 bits per heavy atom. The molecule has 0 aromatic rings. The lowest BCUT2D eigenvalue weighted by molar-refractivity contribution is -0.0937. The third kappa shape index (κ3) is 2.15. The van der Waals surface area contributed by atoms with Crippen molar-refractivity contribution < 1.29 is 22.0 Å². The van der Waals surface area contributed by atoms with Crippen LogP contribution in [0.5, 0.6) is 0 Å². The van der Waals surface area contributed by atoms with Crippen molar-refractivity contribution in [2.45, 2.75) is 12.1 Å². The fraction of sp³-hybridized carbons (Fsp3) is 1.00. The number of alkyl halides is 5. The normalized spacial score (nSPS) is 15.7. The van der Waals surface area contributed by atoms with E-state index in [1.165, 1.54) is 0 Å². The molecule has 0 radical (unpaired) electrons. The molecule has 9 heavy (non-hydrogen) atoms. The van der Waals surface area contributed by atoms with E-state index in [2.05, 4.69) is 0 Å². The molecule has 0 fully saturated rings. The summed E-state index contributed by atoms with van der Waals surface area (Å²) in [5.41, 5.74) is 0. The molecule has 1 unspecified atom stereocenters. The van der Waals surface area contributed by atoms with Gasteiger partial charge in [-0.1, -0.05) is 0 Å². The Kier molecular flexibility index (Phi) is 2.87. The molecule has 0 saturated carbocycles. The topological polar surface area (TPSA) is 0 Å². The van der Waals surface area contributed by atoms with E-state index in [4.69, 9.17) is 0 Å². The van der Waals surface area contributed by atoms with Crippen LogP contribution in [0, 0.1) is 0 Å². The van der Waals surface area contributed by atoms with Crippen molar-refractivity contribution in [3.63, 3.8) is 0 Å². The summed E-state index contributed by atoms with van der Waals surface area (Å²) in [6.45, 7) is -4.00. The Labute approximate surface area is 48.7 Å². The summed E-state index contributed by atoms with van der Waals surface area (Å²) < 4.78 is 56.8. The fourth-order valence-electron chi connectivity index (χ4n) is 0.197. The first kappa shape index (κ1) is 8.65. The van der Waals surface area contributed by atoms with Crippen molar-refractivity contribution in [2.75, 3.05) is 13.3 Å². The molecule has 0 rings (SSSR count). The zero-order valence-corrected chi connectivity index (χ0v) is 4.38. The lowest BCUT2D eigenvalue weighted by Crippen LogP contribution is -2.33. The van der Waals surface area contributed by atoms with Crippen molar-refractivity contribution in [3.8, 4) is 0 Å². The third-order valence-corrected chi connectivity index (χ3v) is 0.772. The molecule has 0 aliphatic heterocycles. The van der Waals surface area contributed by atoms with E-state index in [9.17, 15) is 22.0 Å². The molecule has 0 aliphatic carbocycles. The van der Waals surface area contributed by atoms with E-state index in [1.54, 1.807) is 0 Å². The van der Waals surface area contributed by atoms with Crippen molar-refractivity contribution in [3.05, 3.63) is 0 Å². The summed E-state index contributed by atoms with van der Waals surface area (Å²) in [6.07, 6.45) is -3.01. The Morgan fingerprint density at radius 2 is 1.67 bits per heavy atom. The van der Waals surface area contributed by atoms with Gasteiger partial charge >= 0.3 is 5.92 Å². The maximum Gasteiger partial charge on any atom is 0.308 e. The Hall–Kier alpha value is -0.350. The standard InChI is InChI=1S/C4H5F5/c5-1-3(7)4(8,9)2-6/h3H,1-2H2. The quantitative estimate of drug-likeness (QED) is 0.536. The highest BCUT2D eigenvalue weighted by Gasteiger charge is 2.40. The lowest BCUT2D eigenvalue weighted by atomic mass is 10.2. The molecule has 0 saturated heterocycles. The van der Waals surface area contributed by atoms with Gasteiger partial charge in [0.15, 0.2) is 12.8 Å². The summed E-state index contributed by atoms with van der Waals surface area (Å²) >= 11 is 0. The lowest BCUT2D eigenvalue weighted by Gasteiger charge is -2.13. The first-order valence-electron chi connectivity index (χ1n) is 2.18. The summed E-state index contributed by atoms with van der Waals surface area (Å²) in [7, 11) is 0. The van der Waals surface area contributed by atoms with E-state index in [1.807, 2.05) is 0 Å². The second-order valence-corrected chi connectivity index (χ2v) is 1.52. The highest BCUT2D eigenvalue weighted by molar-refractivity contribution is 4.74. The zero-order valence-electron chi connectivity index (χ0n) is 4.38. The van der Waals surface area contributed by atoms with E-state index >= 15 is 0 Å². The van der Waals surface area contributed by atoms with Gasteiger partial charge in [0.05, 0.1) is 0 Å². The highest BCUT2D eigenvalue weighted by atomic mass is 19.3. The Morgan fingerprint density at radius 3 is 1.78 bits per heavy atom. The molecule has 0 amide bonds. The van der Waals surface area contributed by atoms with Gasteiger partial charge in [-0.25, -0.2) is 22.0 Å². The molecule has 0 aromatic heterocycles. The van der Waals surface area contributed by atoms with Gasteiger partial charge in [-0.2, -0.15) is 0 Å². The van der Waals surface area contributed by atoms with E-state index in [-0.39, 0.29) is 0 Å². The van der Waals surface area contributed by atoms with Gasteiger partial charge in [-0.15, -0.1) is 0 Å². The van der Waals surface area contributed by atoms with Crippen molar-refractivity contribution in [1.82, 2.24) is 0 Å². The number of halogens is 5. The maximum atomic E-state index is 11.6. The maximum absolute atomic E-state index is 11.6. The van der Waals surface area contributed by atoms with Gasteiger partial charge < -0.3 is 0 Å². The first-order chi connectivity index (χ1) is 4.04. The molecule has 0 aliphatic rings. The molecule has 0 N–H and O–H groups in total. The number of hydrogen-bond donors (Lipinski definition) is 0. The molecule has 56 valence electrons. The van der Waals surface area contributed by atoms with Crippen LogP contribution in [0.25, 0.3) is 0 Å². The van der Waals surface area contributed by atoms with Crippen LogP contribution in [0.3, 0.4) is 0 Å². The smallest absolute Gasteiger partial charge is 0.248 e. The summed E-state index contributed by atoms with van der Waals surface area (Å²) in [5.74, 6) is -4.16. The average molecular weight is 148 g/mol. The SMILES string of the molecule is FCC(F)C(F)(F)CF. The van der Waals surface area contributed by atoms with Crippen LogP contribution in [0.15, 0.2) is 0 Å². The summed E-state index contributed by atoms with van der Waals surface area (Å²) in [4.78, 5) is 0. The van der Waals surface area contributed by atoms with Crippen LogP contribution in [0.4, 0.5) is 22.0 Å². The van der Waals surface area contributed by atoms with Crippen LogP contribution in [-0.4, -0.2) is 25.4 Å². The summed E-state index contributed by atoms with van der Waals surface area (Å²) in [5, 5.41) is 0. The fourth-order valence-corrected chi connectivity index (χ4v) is 0.197. The molecule has 0 heterocycles. The van der Waals surface area contributed by atoms with Gasteiger partial charge in [-0.05, 0) is 0 Å². The van der Waals surface area contributed by atoms with E-state index < -0.39 is 25.4 Å². The van der Waals surface area contributed by atoms with E-state index in [0.717, 1.165) is 0 Å². The second-order valence-electron chi connectivity index (χ2n) is 1.52. The number of rotatable bonds is 3. The van der Waals surface area contributed by atoms with Crippen LogP contribution in [0.1, 0.15) is 0 Å². The number of hydrogen-bond acceptors (Lipinski definition) is 0. The van der Waals surface area contributed by atoms with Crippen LogP contribution >= 0.6 is 0 Å². The van der Waals surface area contributed by atoms with Crippen molar-refractivity contribution in [1.29, 1.82) is 0 Å². The minimum atomic E-state index is -4.16. The second kappa shape index (κ2) is 2.98. The Bertz CT molecular complexity index is 81.0. The minimum Gasteiger partial charge on any atom is -0.248 e. The highest BCUT2D eigenvalue weighted by Crippen LogP contribution is 2.21. The molecule has 0 aromatic carbocycles. The van der Waals surface area contributed by atoms with Crippen LogP contribution in [-0.2, 0) is 0 Å². The summed E-state index contributed by atoms with van der Waals surface area (Å²) in [6, 6.07) is 0. The molecular formula is C4H5F5. The van der Waals surface area contributed by atoms with Crippen LogP contribution in [0.2, 0.25) is 0 Å². The molecule has 0 bridgehead atoms. The minimum absolute atomic E-state index is 1.85. The molecule has 0 spiro atoms. The predicted molar refractivity (Wildman–Crippen MR) is 21.8 cm³/mol. The van der Waals surface area contributed by atoms with Gasteiger partial charge in [-0.3, -0.25) is 0 Å². The van der Waals surface area contributed by atoms with Gasteiger partial charge in [0.1, 0.15) is 6.67 Å². The van der Waals surface area contributed by atoms with E-state index in [0.29, 0.717) is 0 Å². The molecule has 5 heteroatoms. The third-order valence-electron chi connectivity index (χ3n) is 0.772. The largest absolute Gasteiger partial charge is 0.308 e. The molecular weight excluding hydrogens is 143 g/mol. The molecule has 0 nitrogen and oxygen atoms in total. The first-order valence-corrected chi connectivity index (χ1v) is 2.18. The van der Waals surface area contributed by atoms with Gasteiger partial charge in [0.2, 0.25) is 0 Å². The van der Waals surface area contributed by atoms with Gasteiger partial charge in [0, 0.05) is 0 Å². The van der Waals surface area contributed by atoms with Crippen molar-refractivity contribution >= 4 is 0 Å². The van der Waals surface area contributed by atoms with Crippen molar-refractivity contribution in [2.24, 2.45) is 0 Å². The average Bonchev–Trinajstić information content (AvgIpc) is 1.86. The van der Waals surface area contributed by atoms with Gasteiger partial charge in [0.25, 0.3) is 0 Å². The zero-order chi connectivity index (χ0) is 7.49.